The highest BCUT2D eigenvalue weighted by Gasteiger charge is 2.16. The Labute approximate surface area is 189 Å². The molecule has 0 radical (unpaired) electrons. The maximum Gasteiger partial charge on any atom is 0.200 e. The molecular weight excluding hydrogens is 426 g/mol. The molecule has 0 saturated heterocycles. The SMILES string of the molecule is COc1ccc(-c2c(C)oc3cc(OCc4ccc(N([O-])O)cc4)ccc3c2=O)cc1OC. The van der Waals surface area contributed by atoms with Crippen molar-refractivity contribution in [3.8, 4) is 28.4 Å². The number of rotatable bonds is 7. The Morgan fingerprint density at radius 1 is 0.970 bits per heavy atom. The van der Waals surface area contributed by atoms with Crippen molar-refractivity contribution in [1.82, 2.24) is 0 Å². The van der Waals surface area contributed by atoms with Crippen LogP contribution in [0.2, 0.25) is 0 Å². The Kier molecular flexibility index (Phi) is 6.21. The Hall–Kier alpha value is -4.01. The molecule has 0 aliphatic carbocycles. The number of ether oxygens (including phenoxy) is 3. The van der Waals surface area contributed by atoms with E-state index in [-0.39, 0.29) is 22.9 Å². The molecule has 0 aliphatic heterocycles. The van der Waals surface area contributed by atoms with Crippen LogP contribution >= 0.6 is 0 Å². The third-order valence-corrected chi connectivity index (χ3v) is 5.27. The van der Waals surface area contributed by atoms with Crippen molar-refractivity contribution in [2.24, 2.45) is 0 Å². The number of nitrogens with zero attached hydrogens (tertiary/aromatic N) is 1. The quantitative estimate of drug-likeness (QED) is 0.391. The summed E-state index contributed by atoms with van der Waals surface area (Å²) >= 11 is 0. The third kappa shape index (κ3) is 4.48. The third-order valence-electron chi connectivity index (χ3n) is 5.27. The van der Waals surface area contributed by atoms with Gasteiger partial charge in [0, 0.05) is 6.07 Å². The summed E-state index contributed by atoms with van der Waals surface area (Å²) in [6, 6.07) is 16.7. The summed E-state index contributed by atoms with van der Waals surface area (Å²) in [4.78, 5) is 13.3. The van der Waals surface area contributed by atoms with Gasteiger partial charge in [0.25, 0.3) is 0 Å². The second kappa shape index (κ2) is 9.23. The molecule has 0 bridgehead atoms. The molecule has 170 valence electrons. The molecule has 0 fully saturated rings. The van der Waals surface area contributed by atoms with Crippen molar-refractivity contribution in [2.75, 3.05) is 19.4 Å². The zero-order valence-electron chi connectivity index (χ0n) is 18.3. The maximum atomic E-state index is 13.3. The molecule has 33 heavy (non-hydrogen) atoms. The first-order valence-corrected chi connectivity index (χ1v) is 10.1. The minimum absolute atomic E-state index is 0.131. The van der Waals surface area contributed by atoms with E-state index >= 15 is 0 Å². The zero-order valence-corrected chi connectivity index (χ0v) is 18.3. The van der Waals surface area contributed by atoms with Gasteiger partial charge in [-0.25, -0.2) is 0 Å². The van der Waals surface area contributed by atoms with Crippen molar-refractivity contribution < 1.29 is 23.8 Å². The predicted molar refractivity (Wildman–Crippen MR) is 124 cm³/mol. The van der Waals surface area contributed by atoms with Crippen molar-refractivity contribution in [3.05, 3.63) is 87.4 Å². The van der Waals surface area contributed by atoms with Gasteiger partial charge in [0.2, 0.25) is 5.43 Å². The van der Waals surface area contributed by atoms with E-state index < -0.39 is 0 Å². The number of aryl methyl sites for hydroxylation is 1. The molecule has 8 nitrogen and oxygen atoms in total. The van der Waals surface area contributed by atoms with Gasteiger partial charge in [0.05, 0.1) is 30.9 Å². The zero-order chi connectivity index (χ0) is 23.5. The largest absolute Gasteiger partial charge is 0.733 e. The summed E-state index contributed by atoms with van der Waals surface area (Å²) in [6.45, 7) is 1.98. The summed E-state index contributed by atoms with van der Waals surface area (Å²) in [5, 5.41) is 20.0. The molecule has 1 N–H and O–H groups in total. The molecule has 0 aliphatic rings. The fourth-order valence-corrected chi connectivity index (χ4v) is 3.59. The molecule has 8 heteroatoms. The Balaban J connectivity index is 1.63. The van der Waals surface area contributed by atoms with E-state index in [0.717, 1.165) is 5.56 Å². The van der Waals surface area contributed by atoms with Gasteiger partial charge in [-0.1, -0.05) is 18.2 Å². The summed E-state index contributed by atoms with van der Waals surface area (Å²) in [5.41, 5.74) is 2.32. The van der Waals surface area contributed by atoms with Gasteiger partial charge in [0.1, 0.15) is 23.7 Å². The number of hydrogen-bond acceptors (Lipinski definition) is 8. The monoisotopic (exact) mass is 448 g/mol. The molecule has 0 atom stereocenters. The van der Waals surface area contributed by atoms with E-state index in [0.29, 0.717) is 45.1 Å². The summed E-state index contributed by atoms with van der Waals surface area (Å²) in [7, 11) is 3.09. The molecule has 4 rings (SSSR count). The molecular formula is C25H22NO7-. The minimum atomic E-state index is -0.200. The van der Waals surface area contributed by atoms with Gasteiger partial charge in [-0.05, 0) is 54.4 Å². The molecule has 1 aromatic heterocycles. The van der Waals surface area contributed by atoms with Gasteiger partial charge in [-0.15, -0.1) is 0 Å². The van der Waals surface area contributed by atoms with Crippen LogP contribution in [0.4, 0.5) is 5.69 Å². The van der Waals surface area contributed by atoms with Crippen LogP contribution in [0.15, 0.2) is 69.9 Å². The number of hydrogen-bond donors (Lipinski definition) is 1. The molecule has 0 amide bonds. The lowest BCUT2D eigenvalue weighted by Crippen LogP contribution is -2.08. The Morgan fingerprint density at radius 3 is 2.36 bits per heavy atom. The standard InChI is InChI=1S/C25H22NO7/c1-15-24(17-6-11-21(30-2)23(12-17)31-3)25(27)20-10-9-19(13-22(20)33-15)32-14-16-4-7-18(8-5-16)26(28)29/h4-13,28H,14H2,1-3H3/q-1. The molecule has 0 unspecified atom stereocenters. The van der Waals surface area contributed by atoms with Crippen molar-refractivity contribution in [2.45, 2.75) is 13.5 Å². The molecule has 1 heterocycles. The second-order valence-electron chi connectivity index (χ2n) is 7.32. The lowest BCUT2D eigenvalue weighted by molar-refractivity contribution is 0.295. The first kappa shape index (κ1) is 22.2. The van der Waals surface area contributed by atoms with Crippen molar-refractivity contribution in [1.29, 1.82) is 0 Å². The molecule has 3 aromatic carbocycles. The van der Waals surface area contributed by atoms with Gasteiger partial charge < -0.3 is 29.1 Å². The summed E-state index contributed by atoms with van der Waals surface area (Å²) in [5.74, 6) is 2.09. The van der Waals surface area contributed by atoms with Crippen molar-refractivity contribution in [3.63, 3.8) is 0 Å². The van der Waals surface area contributed by atoms with Crippen molar-refractivity contribution >= 4 is 16.7 Å². The van der Waals surface area contributed by atoms with E-state index in [2.05, 4.69) is 0 Å². The maximum absolute atomic E-state index is 13.3. The highest BCUT2D eigenvalue weighted by molar-refractivity contribution is 5.84. The number of fused-ring (bicyclic) bond motifs is 1. The lowest BCUT2D eigenvalue weighted by Gasteiger charge is -2.21. The van der Waals surface area contributed by atoms with Crippen LogP contribution in [0, 0.1) is 12.1 Å². The number of methoxy groups -OCH3 is 2. The van der Waals surface area contributed by atoms with Gasteiger partial charge >= 0.3 is 0 Å². The van der Waals surface area contributed by atoms with Crippen LogP contribution in [0.25, 0.3) is 22.1 Å². The van der Waals surface area contributed by atoms with E-state index in [1.165, 1.54) is 12.1 Å². The fourth-order valence-electron chi connectivity index (χ4n) is 3.59. The van der Waals surface area contributed by atoms with E-state index in [4.69, 9.17) is 23.8 Å². The predicted octanol–water partition coefficient (Wildman–Crippen LogP) is 5.06. The van der Waals surface area contributed by atoms with Crippen LogP contribution < -0.4 is 24.9 Å². The van der Waals surface area contributed by atoms with E-state index in [1.54, 1.807) is 69.7 Å². The average Bonchev–Trinajstić information content (AvgIpc) is 2.82. The summed E-state index contributed by atoms with van der Waals surface area (Å²) < 4.78 is 22.4. The summed E-state index contributed by atoms with van der Waals surface area (Å²) in [6.07, 6.45) is 0. The van der Waals surface area contributed by atoms with Gasteiger partial charge in [0.15, 0.2) is 11.5 Å². The lowest BCUT2D eigenvalue weighted by atomic mass is 10.0. The number of anilines is 1. The van der Waals surface area contributed by atoms with Crippen LogP contribution in [-0.2, 0) is 6.61 Å². The van der Waals surface area contributed by atoms with Crippen LogP contribution in [-0.4, -0.2) is 19.4 Å². The topological polar surface area (TPSA) is 104 Å². The number of benzene rings is 3. The first-order chi connectivity index (χ1) is 15.9. The highest BCUT2D eigenvalue weighted by Crippen LogP contribution is 2.33. The molecule has 0 saturated carbocycles. The highest BCUT2D eigenvalue weighted by atomic mass is 16.8. The van der Waals surface area contributed by atoms with Crippen LogP contribution in [0.5, 0.6) is 17.2 Å². The van der Waals surface area contributed by atoms with E-state index in [9.17, 15) is 10.0 Å². The van der Waals surface area contributed by atoms with Crippen LogP contribution in [0.1, 0.15) is 11.3 Å². The minimum Gasteiger partial charge on any atom is -0.733 e. The van der Waals surface area contributed by atoms with Gasteiger partial charge in [-0.3, -0.25) is 10.0 Å². The van der Waals surface area contributed by atoms with Crippen LogP contribution in [0.3, 0.4) is 0 Å². The Bertz CT molecular complexity index is 1340. The van der Waals surface area contributed by atoms with Gasteiger partial charge in [-0.2, -0.15) is 0 Å². The fraction of sp³-hybridized carbons (Fsp3) is 0.160. The normalized spacial score (nSPS) is 10.8. The Morgan fingerprint density at radius 2 is 1.70 bits per heavy atom. The molecule has 0 spiro atoms. The second-order valence-corrected chi connectivity index (χ2v) is 7.32. The molecule has 4 aromatic rings. The smallest absolute Gasteiger partial charge is 0.200 e. The average molecular weight is 448 g/mol. The first-order valence-electron chi connectivity index (χ1n) is 10.1. The van der Waals surface area contributed by atoms with E-state index in [1.807, 2.05) is 0 Å².